The molecule has 1 fully saturated rings. The van der Waals surface area contributed by atoms with E-state index in [1.165, 1.54) is 0 Å². The first-order valence-corrected chi connectivity index (χ1v) is 9.49. The fourth-order valence-corrected chi connectivity index (χ4v) is 3.64. The van der Waals surface area contributed by atoms with E-state index >= 15 is 0 Å². The number of carbonyl (C=O) groups excluding carboxylic acids is 1. The van der Waals surface area contributed by atoms with Crippen molar-refractivity contribution in [3.63, 3.8) is 0 Å². The summed E-state index contributed by atoms with van der Waals surface area (Å²) in [5.41, 5.74) is 1.97. The van der Waals surface area contributed by atoms with Gasteiger partial charge < -0.3 is 24.4 Å². The Hall–Kier alpha value is -3.15. The zero-order valence-electron chi connectivity index (χ0n) is 15.9. The van der Waals surface area contributed by atoms with Crippen molar-refractivity contribution in [3.05, 3.63) is 54.1 Å². The number of rotatable bonds is 5. The van der Waals surface area contributed by atoms with Crippen molar-refractivity contribution in [2.24, 2.45) is 0 Å². The standard InChI is InChI=1S/C22H24N2O4/c1-26-19-7-3-2-6-18(19)24-12-4-5-17(14-24)23-22(25)11-9-16-8-10-20-21(13-16)28-15-27-20/h2-3,6-11,13,17H,4-5,12,14-15H2,1H3,(H,23,25)/b11-9+. The summed E-state index contributed by atoms with van der Waals surface area (Å²) >= 11 is 0. The van der Waals surface area contributed by atoms with Gasteiger partial charge in [-0.15, -0.1) is 0 Å². The van der Waals surface area contributed by atoms with Gasteiger partial charge in [-0.3, -0.25) is 4.79 Å². The molecule has 0 aliphatic carbocycles. The Bertz CT molecular complexity index is 881. The first-order valence-electron chi connectivity index (χ1n) is 9.49. The summed E-state index contributed by atoms with van der Waals surface area (Å²) in [5, 5.41) is 3.11. The average Bonchev–Trinajstić information content (AvgIpc) is 3.20. The fourth-order valence-electron chi connectivity index (χ4n) is 3.64. The van der Waals surface area contributed by atoms with Crippen LogP contribution in [0.25, 0.3) is 6.08 Å². The lowest BCUT2D eigenvalue weighted by molar-refractivity contribution is -0.117. The van der Waals surface area contributed by atoms with E-state index < -0.39 is 0 Å². The highest BCUT2D eigenvalue weighted by atomic mass is 16.7. The van der Waals surface area contributed by atoms with Crippen LogP contribution in [0.5, 0.6) is 17.2 Å². The third-order valence-corrected chi connectivity index (χ3v) is 5.02. The molecule has 0 bridgehead atoms. The van der Waals surface area contributed by atoms with E-state index in [1.54, 1.807) is 19.3 Å². The van der Waals surface area contributed by atoms with E-state index in [4.69, 9.17) is 14.2 Å². The quantitative estimate of drug-likeness (QED) is 0.807. The monoisotopic (exact) mass is 380 g/mol. The number of ether oxygens (including phenoxy) is 3. The SMILES string of the molecule is COc1ccccc1N1CCCC(NC(=O)/C=C/c2ccc3c(c2)OCO3)C1. The Morgan fingerprint density at radius 3 is 2.96 bits per heavy atom. The number of benzene rings is 2. The second-order valence-corrected chi connectivity index (χ2v) is 6.91. The highest BCUT2D eigenvalue weighted by molar-refractivity contribution is 5.92. The number of hydrogen-bond donors (Lipinski definition) is 1. The first kappa shape index (κ1) is 18.2. The van der Waals surface area contributed by atoms with Gasteiger partial charge in [0.2, 0.25) is 12.7 Å². The molecule has 0 saturated carbocycles. The lowest BCUT2D eigenvalue weighted by atomic mass is 10.0. The van der Waals surface area contributed by atoms with Gasteiger partial charge >= 0.3 is 0 Å². The van der Waals surface area contributed by atoms with Crippen LogP contribution in [0, 0.1) is 0 Å². The van der Waals surface area contributed by atoms with Crippen molar-refractivity contribution in [2.45, 2.75) is 18.9 Å². The summed E-state index contributed by atoms with van der Waals surface area (Å²) in [4.78, 5) is 14.7. The second kappa shape index (κ2) is 8.25. The predicted octanol–water partition coefficient (Wildman–Crippen LogP) is 3.22. The summed E-state index contributed by atoms with van der Waals surface area (Å²) in [7, 11) is 1.68. The normalized spacial score (nSPS) is 18.3. The number of nitrogens with one attached hydrogen (secondary N) is 1. The van der Waals surface area contributed by atoms with E-state index in [9.17, 15) is 4.79 Å². The molecule has 2 aliphatic heterocycles. The molecule has 2 aromatic carbocycles. The minimum Gasteiger partial charge on any atom is -0.495 e. The van der Waals surface area contributed by atoms with Gasteiger partial charge in [0.15, 0.2) is 11.5 Å². The van der Waals surface area contributed by atoms with Gasteiger partial charge in [0, 0.05) is 25.2 Å². The highest BCUT2D eigenvalue weighted by Gasteiger charge is 2.22. The second-order valence-electron chi connectivity index (χ2n) is 6.91. The Kier molecular flexibility index (Phi) is 5.37. The number of fused-ring (bicyclic) bond motifs is 1. The third kappa shape index (κ3) is 4.06. The Morgan fingerprint density at radius 2 is 2.07 bits per heavy atom. The number of hydrogen-bond acceptors (Lipinski definition) is 5. The Labute approximate surface area is 164 Å². The topological polar surface area (TPSA) is 60.0 Å². The van der Waals surface area contributed by atoms with Gasteiger partial charge in [-0.1, -0.05) is 18.2 Å². The van der Waals surface area contributed by atoms with Crippen LogP contribution in [0.1, 0.15) is 18.4 Å². The van der Waals surface area contributed by atoms with Crippen LogP contribution in [0.3, 0.4) is 0 Å². The molecule has 0 aromatic heterocycles. The molecular formula is C22H24N2O4. The van der Waals surface area contributed by atoms with Gasteiger partial charge in [0.25, 0.3) is 0 Å². The van der Waals surface area contributed by atoms with E-state index in [1.807, 2.05) is 36.4 Å². The van der Waals surface area contributed by atoms with E-state index in [0.29, 0.717) is 5.75 Å². The number of methoxy groups -OCH3 is 1. The van der Waals surface area contributed by atoms with Crippen LogP contribution >= 0.6 is 0 Å². The smallest absolute Gasteiger partial charge is 0.244 e. The molecule has 6 heteroatoms. The first-order chi connectivity index (χ1) is 13.7. The summed E-state index contributed by atoms with van der Waals surface area (Å²) in [6.45, 7) is 1.97. The van der Waals surface area contributed by atoms with Crippen LogP contribution in [-0.4, -0.2) is 38.9 Å². The van der Waals surface area contributed by atoms with Crippen molar-refractivity contribution in [3.8, 4) is 17.2 Å². The summed E-state index contributed by atoms with van der Waals surface area (Å²) in [6, 6.07) is 13.7. The number of para-hydroxylation sites is 2. The van der Waals surface area contributed by atoms with Crippen LogP contribution in [0.2, 0.25) is 0 Å². The molecule has 1 atom stereocenters. The number of amides is 1. The molecule has 1 saturated heterocycles. The Morgan fingerprint density at radius 1 is 1.21 bits per heavy atom. The van der Waals surface area contributed by atoms with Crippen molar-refractivity contribution in [1.29, 1.82) is 0 Å². The van der Waals surface area contributed by atoms with Crippen molar-refractivity contribution in [1.82, 2.24) is 5.32 Å². The lowest BCUT2D eigenvalue weighted by Gasteiger charge is -2.35. The number of anilines is 1. The molecule has 28 heavy (non-hydrogen) atoms. The largest absolute Gasteiger partial charge is 0.495 e. The van der Waals surface area contributed by atoms with Gasteiger partial charge in [-0.25, -0.2) is 0 Å². The van der Waals surface area contributed by atoms with E-state index in [0.717, 1.165) is 48.7 Å². The van der Waals surface area contributed by atoms with Crippen LogP contribution in [0.15, 0.2) is 48.5 Å². The lowest BCUT2D eigenvalue weighted by Crippen LogP contribution is -2.47. The Balaban J connectivity index is 1.36. The van der Waals surface area contributed by atoms with Crippen LogP contribution < -0.4 is 24.4 Å². The summed E-state index contributed by atoms with van der Waals surface area (Å²) < 4.78 is 16.1. The molecular weight excluding hydrogens is 356 g/mol. The van der Waals surface area contributed by atoms with Crippen molar-refractivity contribution < 1.29 is 19.0 Å². The zero-order chi connectivity index (χ0) is 19.3. The molecule has 2 heterocycles. The predicted molar refractivity (Wildman–Crippen MR) is 108 cm³/mol. The number of carbonyl (C=O) groups is 1. The average molecular weight is 380 g/mol. The van der Waals surface area contributed by atoms with Gasteiger partial charge in [-0.05, 0) is 48.7 Å². The maximum absolute atomic E-state index is 12.4. The molecule has 0 spiro atoms. The minimum absolute atomic E-state index is 0.0930. The summed E-state index contributed by atoms with van der Waals surface area (Å²) in [6.07, 6.45) is 5.35. The van der Waals surface area contributed by atoms with Gasteiger partial charge in [-0.2, -0.15) is 0 Å². The molecule has 1 unspecified atom stereocenters. The van der Waals surface area contributed by atoms with E-state index in [2.05, 4.69) is 16.3 Å². The molecule has 2 aromatic rings. The third-order valence-electron chi connectivity index (χ3n) is 5.02. The fraction of sp³-hybridized carbons (Fsp3) is 0.318. The maximum atomic E-state index is 12.4. The van der Waals surface area contributed by atoms with Crippen LogP contribution in [-0.2, 0) is 4.79 Å². The molecule has 0 radical (unpaired) electrons. The molecule has 1 amide bonds. The summed E-state index contributed by atoms with van der Waals surface area (Å²) in [5.74, 6) is 2.21. The van der Waals surface area contributed by atoms with Crippen molar-refractivity contribution >= 4 is 17.7 Å². The molecule has 146 valence electrons. The molecule has 2 aliphatic rings. The van der Waals surface area contributed by atoms with Crippen molar-refractivity contribution in [2.75, 3.05) is 31.9 Å². The highest BCUT2D eigenvalue weighted by Crippen LogP contribution is 2.33. The molecule has 4 rings (SSSR count). The molecule has 6 nitrogen and oxygen atoms in total. The minimum atomic E-state index is -0.0930. The van der Waals surface area contributed by atoms with E-state index in [-0.39, 0.29) is 18.7 Å². The van der Waals surface area contributed by atoms with Gasteiger partial charge in [0.1, 0.15) is 5.75 Å². The zero-order valence-corrected chi connectivity index (χ0v) is 15.9. The van der Waals surface area contributed by atoms with Crippen LogP contribution in [0.4, 0.5) is 5.69 Å². The maximum Gasteiger partial charge on any atom is 0.244 e. The number of piperidine rings is 1. The van der Waals surface area contributed by atoms with Gasteiger partial charge in [0.05, 0.1) is 12.8 Å². The number of nitrogens with zero attached hydrogens (tertiary/aromatic N) is 1. The molecule has 1 N–H and O–H groups in total.